The van der Waals surface area contributed by atoms with Crippen LogP contribution >= 0.6 is 0 Å². The Morgan fingerprint density at radius 1 is 1.35 bits per heavy atom. The maximum Gasteiger partial charge on any atom is 0.256 e. The van der Waals surface area contributed by atoms with E-state index >= 15 is 0 Å². The van der Waals surface area contributed by atoms with Crippen LogP contribution in [0, 0.1) is 11.3 Å². The second-order valence-electron chi connectivity index (χ2n) is 3.99. The van der Waals surface area contributed by atoms with Crippen molar-refractivity contribution in [2.45, 2.75) is 32.9 Å². The molecular formula is C13H16N2O2. The quantitative estimate of drug-likeness (QED) is 0.864. The number of para-hydroxylation sites is 1. The van der Waals surface area contributed by atoms with Crippen molar-refractivity contribution in [1.82, 2.24) is 5.32 Å². The zero-order valence-corrected chi connectivity index (χ0v) is 10.2. The molecule has 0 aliphatic rings. The van der Waals surface area contributed by atoms with E-state index in [1.54, 1.807) is 25.1 Å². The first-order chi connectivity index (χ1) is 8.04. The first kappa shape index (κ1) is 13.0. The van der Waals surface area contributed by atoms with Gasteiger partial charge in [-0.05, 0) is 32.9 Å². The maximum atomic E-state index is 11.9. The summed E-state index contributed by atoms with van der Waals surface area (Å²) in [6, 6.07) is 8.42. The van der Waals surface area contributed by atoms with Crippen molar-refractivity contribution in [3.63, 3.8) is 0 Å². The fraction of sp³-hybridized carbons (Fsp3) is 0.385. The van der Waals surface area contributed by atoms with Crippen LogP contribution in [0.2, 0.25) is 0 Å². The molecule has 1 rings (SSSR count). The lowest BCUT2D eigenvalue weighted by atomic mass is 10.1. The summed E-state index contributed by atoms with van der Waals surface area (Å²) in [5.74, 6) is 0.237. The van der Waals surface area contributed by atoms with E-state index in [4.69, 9.17) is 10.00 Å². The number of hydrogen-bond acceptors (Lipinski definition) is 3. The van der Waals surface area contributed by atoms with Crippen molar-refractivity contribution in [3.8, 4) is 11.8 Å². The van der Waals surface area contributed by atoms with Crippen molar-refractivity contribution in [1.29, 1.82) is 5.26 Å². The Bertz CT molecular complexity index is 435. The van der Waals surface area contributed by atoms with E-state index < -0.39 is 6.04 Å². The van der Waals surface area contributed by atoms with Gasteiger partial charge in [-0.1, -0.05) is 12.1 Å². The molecule has 1 atom stereocenters. The maximum absolute atomic E-state index is 11.9. The lowest BCUT2D eigenvalue weighted by molar-refractivity contribution is 0.0942. The van der Waals surface area contributed by atoms with E-state index in [1.165, 1.54) is 0 Å². The highest BCUT2D eigenvalue weighted by Crippen LogP contribution is 2.19. The number of benzene rings is 1. The van der Waals surface area contributed by atoms with Crippen LogP contribution in [-0.4, -0.2) is 18.1 Å². The van der Waals surface area contributed by atoms with Crippen LogP contribution in [0.25, 0.3) is 0 Å². The van der Waals surface area contributed by atoms with Gasteiger partial charge in [-0.25, -0.2) is 0 Å². The highest BCUT2D eigenvalue weighted by Gasteiger charge is 2.14. The highest BCUT2D eigenvalue weighted by molar-refractivity contribution is 5.97. The zero-order valence-electron chi connectivity index (χ0n) is 10.2. The molecule has 0 saturated carbocycles. The van der Waals surface area contributed by atoms with Crippen LogP contribution < -0.4 is 10.1 Å². The number of nitrogens with zero attached hydrogens (tertiary/aromatic N) is 1. The number of rotatable bonds is 4. The minimum atomic E-state index is -0.519. The molecular weight excluding hydrogens is 216 g/mol. The smallest absolute Gasteiger partial charge is 0.256 e. The summed E-state index contributed by atoms with van der Waals surface area (Å²) in [5.41, 5.74) is 0.447. The molecule has 0 aliphatic carbocycles. The molecule has 0 fully saturated rings. The second-order valence-corrected chi connectivity index (χ2v) is 3.99. The third-order valence-corrected chi connectivity index (χ3v) is 2.04. The van der Waals surface area contributed by atoms with E-state index in [9.17, 15) is 4.79 Å². The third kappa shape index (κ3) is 3.80. The standard InChI is InChI=1S/C13H16N2O2/c1-9(2)17-12-7-5-4-6-11(12)13(16)15-10(3)8-14/h4-7,9-10H,1-3H3,(H,15,16)/t10-/m0/s1. The molecule has 1 N–H and O–H groups in total. The minimum absolute atomic E-state index is 0.00246. The molecule has 1 aromatic carbocycles. The highest BCUT2D eigenvalue weighted by atomic mass is 16.5. The SMILES string of the molecule is CC(C)Oc1ccccc1C(=O)N[C@@H](C)C#N. The van der Waals surface area contributed by atoms with Gasteiger partial charge in [-0.15, -0.1) is 0 Å². The second kappa shape index (κ2) is 5.90. The van der Waals surface area contributed by atoms with Gasteiger partial charge in [0.1, 0.15) is 11.8 Å². The van der Waals surface area contributed by atoms with Crippen molar-refractivity contribution < 1.29 is 9.53 Å². The zero-order chi connectivity index (χ0) is 12.8. The van der Waals surface area contributed by atoms with Crippen LogP contribution in [0.4, 0.5) is 0 Å². The first-order valence-electron chi connectivity index (χ1n) is 5.50. The molecule has 4 nitrogen and oxygen atoms in total. The molecule has 4 heteroatoms. The summed E-state index contributed by atoms with van der Waals surface area (Å²) in [6.45, 7) is 5.42. The average Bonchev–Trinajstić information content (AvgIpc) is 2.28. The van der Waals surface area contributed by atoms with Crippen molar-refractivity contribution in [2.24, 2.45) is 0 Å². The van der Waals surface area contributed by atoms with Gasteiger partial charge < -0.3 is 10.1 Å². The molecule has 0 bridgehead atoms. The van der Waals surface area contributed by atoms with Crippen molar-refractivity contribution in [2.75, 3.05) is 0 Å². The molecule has 0 saturated heterocycles. The number of nitriles is 1. The third-order valence-electron chi connectivity index (χ3n) is 2.04. The lowest BCUT2D eigenvalue weighted by Gasteiger charge is -2.14. The largest absolute Gasteiger partial charge is 0.490 e. The van der Waals surface area contributed by atoms with Gasteiger partial charge in [0.05, 0.1) is 17.7 Å². The van der Waals surface area contributed by atoms with Crippen LogP contribution in [0.5, 0.6) is 5.75 Å². The summed E-state index contributed by atoms with van der Waals surface area (Å²) in [6.07, 6.45) is -0.00246. The monoisotopic (exact) mass is 232 g/mol. The van der Waals surface area contributed by atoms with Gasteiger partial charge in [-0.3, -0.25) is 4.79 Å². The summed E-state index contributed by atoms with van der Waals surface area (Å²) >= 11 is 0. The number of carbonyl (C=O) groups excluding carboxylic acids is 1. The summed E-state index contributed by atoms with van der Waals surface area (Å²) in [7, 11) is 0. The number of hydrogen-bond donors (Lipinski definition) is 1. The Morgan fingerprint density at radius 2 is 2.00 bits per heavy atom. The number of amides is 1. The summed E-state index contributed by atoms with van der Waals surface area (Å²) in [4.78, 5) is 11.9. The molecule has 0 radical (unpaired) electrons. The van der Waals surface area contributed by atoms with Gasteiger partial charge in [0.15, 0.2) is 0 Å². The topological polar surface area (TPSA) is 62.1 Å². The van der Waals surface area contributed by atoms with E-state index in [2.05, 4.69) is 5.32 Å². The molecule has 0 aromatic heterocycles. The Morgan fingerprint density at radius 3 is 2.59 bits per heavy atom. The predicted molar refractivity (Wildman–Crippen MR) is 64.7 cm³/mol. The van der Waals surface area contributed by atoms with Gasteiger partial charge >= 0.3 is 0 Å². The average molecular weight is 232 g/mol. The molecule has 17 heavy (non-hydrogen) atoms. The molecule has 1 aromatic rings. The number of nitrogens with one attached hydrogen (secondary N) is 1. The molecule has 0 spiro atoms. The number of carbonyl (C=O) groups is 1. The van der Waals surface area contributed by atoms with Gasteiger partial charge in [0.25, 0.3) is 5.91 Å². The molecule has 1 amide bonds. The van der Waals surface area contributed by atoms with Crippen molar-refractivity contribution >= 4 is 5.91 Å². The van der Waals surface area contributed by atoms with Crippen molar-refractivity contribution in [3.05, 3.63) is 29.8 Å². The molecule has 90 valence electrons. The predicted octanol–water partition coefficient (Wildman–Crippen LogP) is 2.12. The normalized spacial score (nSPS) is 11.7. The van der Waals surface area contributed by atoms with E-state index in [0.717, 1.165) is 0 Å². The van der Waals surface area contributed by atoms with Gasteiger partial charge in [0.2, 0.25) is 0 Å². The van der Waals surface area contributed by atoms with Crippen LogP contribution in [0.15, 0.2) is 24.3 Å². The first-order valence-corrected chi connectivity index (χ1v) is 5.50. The Labute approximate surface area is 101 Å². The Kier molecular flexibility index (Phi) is 4.53. The fourth-order valence-corrected chi connectivity index (χ4v) is 1.32. The summed E-state index contributed by atoms with van der Waals surface area (Å²) < 4.78 is 5.54. The van der Waals surface area contributed by atoms with Crippen LogP contribution in [-0.2, 0) is 0 Å². The minimum Gasteiger partial charge on any atom is -0.490 e. The van der Waals surface area contributed by atoms with Gasteiger partial charge in [-0.2, -0.15) is 5.26 Å². The van der Waals surface area contributed by atoms with Crippen LogP contribution in [0.3, 0.4) is 0 Å². The molecule has 0 heterocycles. The fourth-order valence-electron chi connectivity index (χ4n) is 1.32. The Balaban J connectivity index is 2.89. The molecule has 0 unspecified atom stereocenters. The lowest BCUT2D eigenvalue weighted by Crippen LogP contribution is -2.31. The van der Waals surface area contributed by atoms with Crippen LogP contribution in [0.1, 0.15) is 31.1 Å². The number of ether oxygens (including phenoxy) is 1. The van der Waals surface area contributed by atoms with E-state index in [-0.39, 0.29) is 12.0 Å². The van der Waals surface area contributed by atoms with E-state index in [1.807, 2.05) is 26.0 Å². The Hall–Kier alpha value is -2.02. The summed E-state index contributed by atoms with van der Waals surface area (Å²) in [5, 5.41) is 11.2. The van der Waals surface area contributed by atoms with E-state index in [0.29, 0.717) is 11.3 Å². The van der Waals surface area contributed by atoms with Gasteiger partial charge in [0, 0.05) is 0 Å². The molecule has 0 aliphatic heterocycles.